The first-order valence-corrected chi connectivity index (χ1v) is 9.02. The van der Waals surface area contributed by atoms with Crippen molar-refractivity contribution in [1.29, 1.82) is 0 Å². The summed E-state index contributed by atoms with van der Waals surface area (Å²) in [5, 5.41) is 6.28. The Morgan fingerprint density at radius 3 is 3.08 bits per heavy atom. The first kappa shape index (κ1) is 15.3. The Balaban J connectivity index is 1.62. The second kappa shape index (κ2) is 5.98. The van der Waals surface area contributed by atoms with Crippen LogP contribution in [-0.2, 0) is 11.2 Å². The Labute approximate surface area is 144 Å². The highest BCUT2D eigenvalue weighted by Gasteiger charge is 2.31. The molecule has 0 saturated carbocycles. The Morgan fingerprint density at radius 2 is 2.29 bits per heavy atom. The monoisotopic (exact) mass is 341 g/mol. The average Bonchev–Trinajstić information content (AvgIpc) is 3.30. The van der Waals surface area contributed by atoms with E-state index in [1.54, 1.807) is 15.9 Å². The van der Waals surface area contributed by atoms with Crippen LogP contribution in [0.25, 0.3) is 5.78 Å². The molecule has 6 nitrogen and oxygen atoms in total. The lowest BCUT2D eigenvalue weighted by Gasteiger charge is -2.24. The molecule has 0 N–H and O–H groups in total. The largest absolute Gasteiger partial charge is 0.335 e. The van der Waals surface area contributed by atoms with Gasteiger partial charge in [-0.25, -0.2) is 9.50 Å². The van der Waals surface area contributed by atoms with Gasteiger partial charge in [0.1, 0.15) is 6.33 Å². The number of carbonyl (C=O) groups excluding carboxylic acids is 1. The van der Waals surface area contributed by atoms with Crippen molar-refractivity contribution in [1.82, 2.24) is 24.5 Å². The number of rotatable bonds is 3. The van der Waals surface area contributed by atoms with Crippen LogP contribution in [0.15, 0.2) is 23.8 Å². The fraction of sp³-hybridized carbons (Fsp3) is 0.412. The predicted molar refractivity (Wildman–Crippen MR) is 92.0 cm³/mol. The van der Waals surface area contributed by atoms with Crippen LogP contribution < -0.4 is 0 Å². The van der Waals surface area contributed by atoms with Crippen LogP contribution in [0, 0.1) is 13.8 Å². The summed E-state index contributed by atoms with van der Waals surface area (Å²) in [6.45, 7) is 4.74. The van der Waals surface area contributed by atoms with Gasteiger partial charge in [0.15, 0.2) is 0 Å². The standard InChI is InChI=1S/C17H19N5OS/c1-11-13(12(2)22-17(20-11)18-10-19-22)9-16(23)21-7-3-5-14(21)15-6-4-8-24-15/h4,6,8,10,14H,3,5,7,9H2,1-2H3/t14-/m1/s1. The molecule has 7 heteroatoms. The number of hydrogen-bond donors (Lipinski definition) is 0. The maximum absolute atomic E-state index is 13.0. The molecule has 0 aliphatic carbocycles. The van der Waals surface area contributed by atoms with E-state index in [0.29, 0.717) is 12.2 Å². The lowest BCUT2D eigenvalue weighted by Crippen LogP contribution is -2.32. The van der Waals surface area contributed by atoms with Gasteiger partial charge in [0.25, 0.3) is 5.78 Å². The van der Waals surface area contributed by atoms with E-state index < -0.39 is 0 Å². The smallest absolute Gasteiger partial charge is 0.252 e. The molecule has 4 heterocycles. The minimum absolute atomic E-state index is 0.165. The summed E-state index contributed by atoms with van der Waals surface area (Å²) in [6, 6.07) is 4.40. The first-order valence-electron chi connectivity index (χ1n) is 8.14. The summed E-state index contributed by atoms with van der Waals surface area (Å²) in [5.41, 5.74) is 2.75. The van der Waals surface area contributed by atoms with Gasteiger partial charge in [0.05, 0.1) is 12.5 Å². The second-order valence-corrected chi connectivity index (χ2v) is 7.15. The van der Waals surface area contributed by atoms with E-state index >= 15 is 0 Å². The van der Waals surface area contributed by atoms with Gasteiger partial charge in [0.2, 0.25) is 5.91 Å². The molecule has 1 aliphatic rings. The quantitative estimate of drug-likeness (QED) is 0.735. The van der Waals surface area contributed by atoms with Crippen molar-refractivity contribution in [2.75, 3.05) is 6.54 Å². The summed E-state index contributed by atoms with van der Waals surface area (Å²) in [4.78, 5) is 24.9. The molecule has 1 saturated heterocycles. The SMILES string of the molecule is Cc1nc2ncnn2c(C)c1CC(=O)N1CCC[C@@H]1c1cccs1. The van der Waals surface area contributed by atoms with Gasteiger partial charge in [-0.15, -0.1) is 11.3 Å². The first-order chi connectivity index (χ1) is 11.6. The number of carbonyl (C=O) groups is 1. The zero-order chi connectivity index (χ0) is 16.7. The molecule has 3 aromatic rings. The topological polar surface area (TPSA) is 63.4 Å². The van der Waals surface area contributed by atoms with Crippen LogP contribution in [0.2, 0.25) is 0 Å². The van der Waals surface area contributed by atoms with Gasteiger partial charge in [-0.2, -0.15) is 10.1 Å². The summed E-state index contributed by atoms with van der Waals surface area (Å²) < 4.78 is 1.70. The number of hydrogen-bond acceptors (Lipinski definition) is 5. The van der Waals surface area contributed by atoms with Crippen molar-refractivity contribution >= 4 is 23.0 Å². The highest BCUT2D eigenvalue weighted by Crippen LogP contribution is 2.35. The number of thiophene rings is 1. The molecule has 1 aliphatic heterocycles. The van der Waals surface area contributed by atoms with E-state index in [1.165, 1.54) is 11.2 Å². The molecule has 0 spiro atoms. The van der Waals surface area contributed by atoms with Crippen molar-refractivity contribution in [3.05, 3.63) is 45.7 Å². The number of aromatic nitrogens is 4. The van der Waals surface area contributed by atoms with E-state index in [4.69, 9.17) is 0 Å². The van der Waals surface area contributed by atoms with Crippen LogP contribution in [0.4, 0.5) is 0 Å². The lowest BCUT2D eigenvalue weighted by atomic mass is 10.1. The molecule has 0 aromatic carbocycles. The second-order valence-electron chi connectivity index (χ2n) is 6.17. The molecular weight excluding hydrogens is 322 g/mol. The van der Waals surface area contributed by atoms with E-state index in [9.17, 15) is 4.79 Å². The third-order valence-electron chi connectivity index (χ3n) is 4.76. The molecule has 24 heavy (non-hydrogen) atoms. The Hall–Kier alpha value is -2.28. The minimum Gasteiger partial charge on any atom is -0.335 e. The Bertz CT molecular complexity index is 886. The van der Waals surface area contributed by atoms with Gasteiger partial charge in [-0.1, -0.05) is 6.07 Å². The van der Waals surface area contributed by atoms with Gasteiger partial charge in [0, 0.05) is 28.4 Å². The highest BCUT2D eigenvalue weighted by molar-refractivity contribution is 7.10. The van der Waals surface area contributed by atoms with Crippen LogP contribution in [0.5, 0.6) is 0 Å². The molecule has 4 rings (SSSR count). The van der Waals surface area contributed by atoms with Gasteiger partial charge in [-0.05, 0) is 38.1 Å². The number of aryl methyl sites for hydroxylation is 2. The van der Waals surface area contributed by atoms with E-state index in [1.807, 2.05) is 18.7 Å². The number of fused-ring (bicyclic) bond motifs is 1. The third kappa shape index (κ3) is 2.49. The van der Waals surface area contributed by atoms with Crippen molar-refractivity contribution in [3.8, 4) is 0 Å². The average molecular weight is 341 g/mol. The molecule has 3 aromatic heterocycles. The summed E-state index contributed by atoms with van der Waals surface area (Å²) in [7, 11) is 0. The predicted octanol–water partition coefficient (Wildman–Crippen LogP) is 2.71. The van der Waals surface area contributed by atoms with Crippen molar-refractivity contribution in [2.24, 2.45) is 0 Å². The number of amides is 1. The van der Waals surface area contributed by atoms with E-state index in [2.05, 4.69) is 32.6 Å². The molecular formula is C17H19N5OS. The van der Waals surface area contributed by atoms with Gasteiger partial charge in [-0.3, -0.25) is 4.79 Å². The Kier molecular flexibility index (Phi) is 3.80. The fourth-order valence-corrected chi connectivity index (χ4v) is 4.38. The van der Waals surface area contributed by atoms with Crippen molar-refractivity contribution in [2.45, 2.75) is 39.2 Å². The van der Waals surface area contributed by atoms with Crippen LogP contribution in [0.3, 0.4) is 0 Å². The molecule has 1 atom stereocenters. The summed E-state index contributed by atoms with van der Waals surface area (Å²) in [6.07, 6.45) is 3.97. The van der Waals surface area contributed by atoms with Crippen molar-refractivity contribution < 1.29 is 4.79 Å². The summed E-state index contributed by atoms with van der Waals surface area (Å²) >= 11 is 1.73. The maximum atomic E-state index is 13.0. The number of likely N-dealkylation sites (tertiary alicyclic amines) is 1. The number of nitrogens with zero attached hydrogens (tertiary/aromatic N) is 5. The minimum atomic E-state index is 0.165. The van der Waals surface area contributed by atoms with Crippen LogP contribution in [-0.4, -0.2) is 36.9 Å². The summed E-state index contributed by atoms with van der Waals surface area (Å²) in [5.74, 6) is 0.747. The van der Waals surface area contributed by atoms with Gasteiger partial charge < -0.3 is 4.90 Å². The zero-order valence-electron chi connectivity index (χ0n) is 13.8. The molecule has 0 unspecified atom stereocenters. The molecule has 1 amide bonds. The molecule has 0 radical (unpaired) electrons. The zero-order valence-corrected chi connectivity index (χ0v) is 14.6. The van der Waals surface area contributed by atoms with Crippen LogP contribution in [0.1, 0.15) is 40.7 Å². The normalized spacial score (nSPS) is 17.8. The highest BCUT2D eigenvalue weighted by atomic mass is 32.1. The Morgan fingerprint density at radius 1 is 1.42 bits per heavy atom. The van der Waals surface area contributed by atoms with Crippen LogP contribution >= 0.6 is 11.3 Å². The lowest BCUT2D eigenvalue weighted by molar-refractivity contribution is -0.131. The van der Waals surface area contributed by atoms with E-state index in [-0.39, 0.29) is 11.9 Å². The molecule has 1 fully saturated rings. The van der Waals surface area contributed by atoms with Crippen molar-refractivity contribution in [3.63, 3.8) is 0 Å². The van der Waals surface area contributed by atoms with E-state index in [0.717, 1.165) is 36.3 Å². The van der Waals surface area contributed by atoms with Gasteiger partial charge >= 0.3 is 0 Å². The third-order valence-corrected chi connectivity index (χ3v) is 5.73. The fourth-order valence-electron chi connectivity index (χ4n) is 3.51. The molecule has 0 bridgehead atoms. The maximum Gasteiger partial charge on any atom is 0.252 e. The molecule has 124 valence electrons.